The van der Waals surface area contributed by atoms with E-state index in [1.807, 2.05) is 0 Å². The van der Waals surface area contributed by atoms with Crippen LogP contribution < -0.4 is 5.32 Å². The lowest BCUT2D eigenvalue weighted by Gasteiger charge is -2.39. The molecule has 0 amide bonds. The molecule has 0 spiro atoms. The van der Waals surface area contributed by atoms with Crippen LogP contribution in [0.2, 0.25) is 5.15 Å². The van der Waals surface area contributed by atoms with E-state index in [4.69, 9.17) is 11.6 Å². The van der Waals surface area contributed by atoms with Crippen LogP contribution in [0.4, 0.5) is 10.2 Å². The fourth-order valence-electron chi connectivity index (χ4n) is 3.52. The molecule has 27 heavy (non-hydrogen) atoms. The Balaban J connectivity index is 1.68. The van der Waals surface area contributed by atoms with E-state index in [1.54, 1.807) is 25.4 Å². The SMILES string of the molecule is C[C@@]1(O)CCCC(Nc2nc(-c3c[nH]c4cnc(Cl)cc34)ncc2F)[C@H]1O. The van der Waals surface area contributed by atoms with E-state index in [0.717, 1.165) is 23.5 Å². The molecule has 7 nitrogen and oxygen atoms in total. The van der Waals surface area contributed by atoms with Crippen molar-refractivity contribution in [3.63, 3.8) is 0 Å². The average Bonchev–Trinajstić information content (AvgIpc) is 3.04. The van der Waals surface area contributed by atoms with Gasteiger partial charge in [0.1, 0.15) is 11.3 Å². The van der Waals surface area contributed by atoms with Crippen LogP contribution in [0.25, 0.3) is 22.3 Å². The van der Waals surface area contributed by atoms with Gasteiger partial charge in [-0.1, -0.05) is 11.6 Å². The normalized spacial score (nSPS) is 25.7. The summed E-state index contributed by atoms with van der Waals surface area (Å²) in [6, 6.07) is 1.18. The van der Waals surface area contributed by atoms with Crippen LogP contribution in [0, 0.1) is 5.82 Å². The van der Waals surface area contributed by atoms with Crippen LogP contribution in [0.1, 0.15) is 26.2 Å². The second-order valence-electron chi connectivity index (χ2n) is 7.09. The van der Waals surface area contributed by atoms with Gasteiger partial charge in [-0.15, -0.1) is 0 Å². The Morgan fingerprint density at radius 1 is 1.37 bits per heavy atom. The van der Waals surface area contributed by atoms with Gasteiger partial charge in [-0.3, -0.25) is 0 Å². The lowest BCUT2D eigenvalue weighted by Crippen LogP contribution is -2.53. The number of anilines is 1. The number of pyridine rings is 1. The van der Waals surface area contributed by atoms with Crippen molar-refractivity contribution in [2.24, 2.45) is 0 Å². The number of aromatic amines is 1. The van der Waals surface area contributed by atoms with Crippen molar-refractivity contribution in [1.82, 2.24) is 19.9 Å². The molecule has 0 saturated heterocycles. The first-order chi connectivity index (χ1) is 12.8. The molecular weight excluding hydrogens is 373 g/mol. The van der Waals surface area contributed by atoms with Gasteiger partial charge in [0, 0.05) is 17.1 Å². The molecule has 0 aromatic carbocycles. The zero-order chi connectivity index (χ0) is 19.2. The standard InChI is InChI=1S/C18H19ClFN5O2/c1-18(27)4-2-3-12(15(18)26)24-17-11(20)7-23-16(25-17)10-6-21-13-8-22-14(19)5-9(10)13/h5-8,12,15,21,26-27H,2-4H2,1H3,(H,23,24,25)/t12?,15-,18-/m1/s1. The number of nitrogens with one attached hydrogen (secondary N) is 2. The fraction of sp³-hybridized carbons (Fsp3) is 0.389. The molecule has 0 radical (unpaired) electrons. The number of hydrogen-bond donors (Lipinski definition) is 4. The summed E-state index contributed by atoms with van der Waals surface area (Å²) in [5.41, 5.74) is 0.201. The topological polar surface area (TPSA) is 107 Å². The summed E-state index contributed by atoms with van der Waals surface area (Å²) < 4.78 is 14.3. The second-order valence-corrected chi connectivity index (χ2v) is 7.48. The third-order valence-electron chi connectivity index (χ3n) is 5.06. The molecule has 4 rings (SSSR count). The van der Waals surface area contributed by atoms with Crippen molar-refractivity contribution in [2.45, 2.75) is 43.9 Å². The number of rotatable bonds is 3. The van der Waals surface area contributed by atoms with E-state index >= 15 is 0 Å². The van der Waals surface area contributed by atoms with Gasteiger partial charge in [0.05, 0.1) is 29.6 Å². The van der Waals surface area contributed by atoms with Gasteiger partial charge in [0.2, 0.25) is 0 Å². The van der Waals surface area contributed by atoms with Crippen molar-refractivity contribution in [2.75, 3.05) is 5.32 Å². The van der Waals surface area contributed by atoms with Crippen LogP contribution in [0.15, 0.2) is 24.7 Å². The molecule has 1 unspecified atom stereocenters. The predicted molar refractivity (Wildman–Crippen MR) is 100.0 cm³/mol. The van der Waals surface area contributed by atoms with Gasteiger partial charge in [0.25, 0.3) is 0 Å². The summed E-state index contributed by atoms with van der Waals surface area (Å²) in [5, 5.41) is 24.7. The number of nitrogens with zero attached hydrogens (tertiary/aromatic N) is 3. The highest BCUT2D eigenvalue weighted by Crippen LogP contribution is 2.32. The Bertz CT molecular complexity index is 993. The summed E-state index contributed by atoms with van der Waals surface area (Å²) in [6.45, 7) is 1.58. The minimum Gasteiger partial charge on any atom is -0.388 e. The minimum atomic E-state index is -1.22. The molecule has 0 bridgehead atoms. The number of aliphatic hydroxyl groups excluding tert-OH is 1. The van der Waals surface area contributed by atoms with Crippen LogP contribution in [0.5, 0.6) is 0 Å². The number of hydrogen-bond acceptors (Lipinski definition) is 6. The van der Waals surface area contributed by atoms with Crippen molar-refractivity contribution in [3.8, 4) is 11.4 Å². The van der Waals surface area contributed by atoms with E-state index in [-0.39, 0.29) is 5.82 Å². The molecule has 0 aliphatic heterocycles. The van der Waals surface area contributed by atoms with Crippen LogP contribution >= 0.6 is 11.6 Å². The first-order valence-electron chi connectivity index (χ1n) is 8.68. The molecule has 3 atom stereocenters. The van der Waals surface area contributed by atoms with Crippen molar-refractivity contribution in [3.05, 3.63) is 35.6 Å². The Morgan fingerprint density at radius 2 is 2.19 bits per heavy atom. The Kier molecular flexibility index (Phi) is 4.49. The summed E-state index contributed by atoms with van der Waals surface area (Å²) >= 11 is 5.97. The molecule has 142 valence electrons. The van der Waals surface area contributed by atoms with Gasteiger partial charge >= 0.3 is 0 Å². The summed E-state index contributed by atoms with van der Waals surface area (Å²) in [4.78, 5) is 15.5. The third kappa shape index (κ3) is 3.36. The van der Waals surface area contributed by atoms with Crippen LogP contribution in [-0.2, 0) is 0 Å². The van der Waals surface area contributed by atoms with E-state index in [1.165, 1.54) is 0 Å². The molecule has 9 heteroatoms. The maximum Gasteiger partial charge on any atom is 0.183 e. The summed E-state index contributed by atoms with van der Waals surface area (Å²) in [6.07, 6.45) is 5.18. The van der Waals surface area contributed by atoms with Gasteiger partial charge in [-0.25, -0.2) is 19.3 Å². The van der Waals surface area contributed by atoms with E-state index < -0.39 is 23.6 Å². The molecule has 3 aromatic rings. The molecule has 1 aliphatic carbocycles. The highest BCUT2D eigenvalue weighted by atomic mass is 35.5. The lowest BCUT2D eigenvalue weighted by atomic mass is 9.80. The molecule has 3 aromatic heterocycles. The average molecular weight is 392 g/mol. The quantitative estimate of drug-likeness (QED) is 0.511. The number of halogens is 2. The number of fused-ring (bicyclic) bond motifs is 1. The monoisotopic (exact) mass is 391 g/mol. The number of H-pyrrole nitrogens is 1. The van der Waals surface area contributed by atoms with Crippen molar-refractivity contribution < 1.29 is 14.6 Å². The van der Waals surface area contributed by atoms with Gasteiger partial charge < -0.3 is 20.5 Å². The van der Waals surface area contributed by atoms with Crippen molar-refractivity contribution >= 4 is 28.3 Å². The molecular formula is C18H19ClFN5O2. The van der Waals surface area contributed by atoms with E-state index in [0.29, 0.717) is 29.4 Å². The molecule has 1 fully saturated rings. The Labute approximate surface area is 159 Å². The first-order valence-corrected chi connectivity index (χ1v) is 9.05. The maximum absolute atomic E-state index is 14.3. The molecule has 1 aliphatic rings. The zero-order valence-electron chi connectivity index (χ0n) is 14.6. The maximum atomic E-state index is 14.3. The largest absolute Gasteiger partial charge is 0.388 e. The van der Waals surface area contributed by atoms with Crippen LogP contribution in [0.3, 0.4) is 0 Å². The van der Waals surface area contributed by atoms with E-state index in [2.05, 4.69) is 25.3 Å². The second kappa shape index (κ2) is 6.70. The highest BCUT2D eigenvalue weighted by Gasteiger charge is 2.40. The number of aromatic nitrogens is 4. The zero-order valence-corrected chi connectivity index (χ0v) is 15.3. The highest BCUT2D eigenvalue weighted by molar-refractivity contribution is 6.30. The molecule has 1 saturated carbocycles. The van der Waals surface area contributed by atoms with Gasteiger partial charge in [0.15, 0.2) is 17.5 Å². The lowest BCUT2D eigenvalue weighted by molar-refractivity contribution is -0.0919. The van der Waals surface area contributed by atoms with Crippen molar-refractivity contribution in [1.29, 1.82) is 0 Å². The molecule has 3 heterocycles. The Morgan fingerprint density at radius 3 is 3.00 bits per heavy atom. The summed E-state index contributed by atoms with van der Waals surface area (Å²) in [5.74, 6) is -0.337. The third-order valence-corrected chi connectivity index (χ3v) is 5.26. The van der Waals surface area contributed by atoms with Crippen LogP contribution in [-0.4, -0.2) is 47.9 Å². The van der Waals surface area contributed by atoms with E-state index in [9.17, 15) is 14.6 Å². The predicted octanol–water partition coefficient (Wildman–Crippen LogP) is 2.89. The smallest absolute Gasteiger partial charge is 0.183 e. The Hall–Kier alpha value is -2.29. The molecule has 4 N–H and O–H groups in total. The number of aliphatic hydroxyl groups is 2. The minimum absolute atomic E-state index is 0.0174. The summed E-state index contributed by atoms with van der Waals surface area (Å²) in [7, 11) is 0. The first kappa shape index (κ1) is 18.1. The van der Waals surface area contributed by atoms with Gasteiger partial charge in [-0.05, 0) is 32.3 Å². The van der Waals surface area contributed by atoms with Gasteiger partial charge in [-0.2, -0.15) is 0 Å². The fourth-order valence-corrected chi connectivity index (χ4v) is 3.68.